The fourth-order valence-corrected chi connectivity index (χ4v) is 2.07. The van der Waals surface area contributed by atoms with Gasteiger partial charge in [-0.3, -0.25) is 0 Å². The zero-order valence-electron chi connectivity index (χ0n) is 7.00. The van der Waals surface area contributed by atoms with E-state index < -0.39 is 0 Å². The molecule has 2 unspecified atom stereocenters. The first-order valence-corrected chi connectivity index (χ1v) is 4.78. The van der Waals surface area contributed by atoms with Crippen LogP contribution < -0.4 is 0 Å². The molecule has 3 aliphatic carbocycles. The molecular formula is C11H16. The molecule has 0 aromatic rings. The Bertz CT molecular complexity index is 176. The maximum atomic E-state index is 2.45. The molecular weight excluding hydrogens is 132 g/mol. The smallest absolute Gasteiger partial charge is 0.0199 e. The Morgan fingerprint density at radius 3 is 2.45 bits per heavy atom. The summed E-state index contributed by atoms with van der Waals surface area (Å²) in [5.74, 6) is 1.76. The number of rotatable bonds is 0. The Kier molecular flexibility index (Phi) is 2.11. The second-order valence-electron chi connectivity index (χ2n) is 3.77. The molecule has 3 aliphatic rings. The van der Waals surface area contributed by atoms with Gasteiger partial charge in [-0.1, -0.05) is 24.3 Å². The van der Waals surface area contributed by atoms with Gasteiger partial charge in [0.1, 0.15) is 0 Å². The fourth-order valence-electron chi connectivity index (χ4n) is 2.07. The normalized spacial score (nSPS) is 39.3. The van der Waals surface area contributed by atoms with Crippen LogP contribution in [0.1, 0.15) is 32.1 Å². The molecule has 0 spiro atoms. The average molecular weight is 148 g/mol. The highest BCUT2D eigenvalue weighted by Gasteiger charge is 2.15. The van der Waals surface area contributed by atoms with E-state index in [0.717, 1.165) is 11.8 Å². The molecule has 2 bridgehead atoms. The molecule has 0 aromatic carbocycles. The lowest BCUT2D eigenvalue weighted by Gasteiger charge is -2.20. The molecule has 0 heteroatoms. The van der Waals surface area contributed by atoms with Crippen molar-refractivity contribution in [3.63, 3.8) is 0 Å². The van der Waals surface area contributed by atoms with Gasteiger partial charge in [0.05, 0.1) is 0 Å². The van der Waals surface area contributed by atoms with Crippen molar-refractivity contribution in [1.29, 1.82) is 0 Å². The van der Waals surface area contributed by atoms with E-state index in [4.69, 9.17) is 0 Å². The Hall–Kier alpha value is -0.520. The minimum absolute atomic E-state index is 0.862. The maximum absolute atomic E-state index is 2.45. The highest BCUT2D eigenvalue weighted by atomic mass is 14.2. The largest absolute Gasteiger partial charge is 0.0885 e. The van der Waals surface area contributed by atoms with Gasteiger partial charge < -0.3 is 0 Å². The molecule has 0 saturated carbocycles. The second-order valence-corrected chi connectivity index (χ2v) is 3.77. The fraction of sp³-hybridized carbons (Fsp3) is 0.636. The second kappa shape index (κ2) is 3.25. The van der Waals surface area contributed by atoms with Gasteiger partial charge >= 0.3 is 0 Å². The van der Waals surface area contributed by atoms with Crippen molar-refractivity contribution in [2.45, 2.75) is 32.1 Å². The van der Waals surface area contributed by atoms with E-state index in [1.807, 2.05) is 0 Å². The van der Waals surface area contributed by atoms with Gasteiger partial charge in [-0.2, -0.15) is 0 Å². The number of fused-ring (bicyclic) bond motifs is 4. The van der Waals surface area contributed by atoms with Crippen LogP contribution in [0.25, 0.3) is 0 Å². The highest BCUT2D eigenvalue weighted by Crippen LogP contribution is 2.29. The molecule has 60 valence electrons. The Labute approximate surface area is 69.0 Å². The molecule has 0 heterocycles. The third-order valence-corrected chi connectivity index (χ3v) is 2.87. The van der Waals surface area contributed by atoms with Gasteiger partial charge in [0, 0.05) is 0 Å². The summed E-state index contributed by atoms with van der Waals surface area (Å²) in [6.45, 7) is 0. The molecule has 0 aliphatic heterocycles. The lowest BCUT2D eigenvalue weighted by molar-refractivity contribution is 0.447. The summed E-state index contributed by atoms with van der Waals surface area (Å²) in [5, 5.41) is 0. The van der Waals surface area contributed by atoms with Gasteiger partial charge in [-0.15, -0.1) is 0 Å². The van der Waals surface area contributed by atoms with E-state index in [9.17, 15) is 0 Å². The summed E-state index contributed by atoms with van der Waals surface area (Å²) in [6, 6.07) is 0. The van der Waals surface area contributed by atoms with Crippen molar-refractivity contribution in [2.75, 3.05) is 0 Å². The van der Waals surface area contributed by atoms with Gasteiger partial charge in [0.15, 0.2) is 0 Å². The SMILES string of the molecule is C1=CC2CC/C=C\CC1CC2. The monoisotopic (exact) mass is 148 g/mol. The average Bonchev–Trinajstić information content (AvgIpc) is 2.21. The van der Waals surface area contributed by atoms with Crippen LogP contribution in [0.2, 0.25) is 0 Å². The van der Waals surface area contributed by atoms with Crippen LogP contribution in [0.4, 0.5) is 0 Å². The molecule has 0 aromatic heterocycles. The molecule has 0 amide bonds. The summed E-state index contributed by atoms with van der Waals surface area (Å²) in [5.41, 5.74) is 0. The minimum atomic E-state index is 0.862. The predicted octanol–water partition coefficient (Wildman–Crippen LogP) is 3.31. The van der Waals surface area contributed by atoms with E-state index >= 15 is 0 Å². The molecule has 2 atom stereocenters. The summed E-state index contributed by atoms with van der Waals surface area (Å²) in [7, 11) is 0. The quantitative estimate of drug-likeness (QED) is 0.462. The zero-order chi connectivity index (χ0) is 7.52. The number of hydrogen-bond acceptors (Lipinski definition) is 0. The molecule has 0 N–H and O–H groups in total. The van der Waals surface area contributed by atoms with Crippen molar-refractivity contribution in [1.82, 2.24) is 0 Å². The summed E-state index contributed by atoms with van der Waals surface area (Å²) >= 11 is 0. The van der Waals surface area contributed by atoms with Crippen molar-refractivity contribution < 1.29 is 0 Å². The predicted molar refractivity (Wildman–Crippen MR) is 48.3 cm³/mol. The Balaban J connectivity index is 2.10. The molecule has 0 fully saturated rings. The zero-order valence-corrected chi connectivity index (χ0v) is 7.00. The van der Waals surface area contributed by atoms with Crippen molar-refractivity contribution >= 4 is 0 Å². The lowest BCUT2D eigenvalue weighted by Crippen LogP contribution is -2.06. The number of hydrogen-bond donors (Lipinski definition) is 0. The summed E-state index contributed by atoms with van der Waals surface area (Å²) in [6.07, 6.45) is 16.4. The lowest BCUT2D eigenvalue weighted by atomic mass is 9.86. The molecule has 0 radical (unpaired) electrons. The highest BCUT2D eigenvalue weighted by molar-refractivity contribution is 5.03. The first kappa shape index (κ1) is 7.15. The topological polar surface area (TPSA) is 0 Å². The Morgan fingerprint density at radius 2 is 1.64 bits per heavy atom. The van der Waals surface area contributed by atoms with Gasteiger partial charge in [0.25, 0.3) is 0 Å². The molecule has 11 heavy (non-hydrogen) atoms. The van der Waals surface area contributed by atoms with E-state index in [-0.39, 0.29) is 0 Å². The molecule has 0 nitrogen and oxygen atoms in total. The minimum Gasteiger partial charge on any atom is -0.0885 e. The van der Waals surface area contributed by atoms with Crippen molar-refractivity contribution in [2.24, 2.45) is 11.8 Å². The first-order valence-electron chi connectivity index (χ1n) is 4.78. The van der Waals surface area contributed by atoms with E-state index in [1.54, 1.807) is 0 Å². The molecule has 0 saturated heterocycles. The molecule has 3 rings (SSSR count). The van der Waals surface area contributed by atoms with E-state index in [0.29, 0.717) is 0 Å². The van der Waals surface area contributed by atoms with Crippen LogP contribution in [0.15, 0.2) is 24.3 Å². The van der Waals surface area contributed by atoms with Crippen LogP contribution >= 0.6 is 0 Å². The number of allylic oxidation sites excluding steroid dienone is 4. The van der Waals surface area contributed by atoms with Gasteiger partial charge in [-0.05, 0) is 43.9 Å². The van der Waals surface area contributed by atoms with E-state index in [2.05, 4.69) is 24.3 Å². The van der Waals surface area contributed by atoms with Crippen molar-refractivity contribution in [3.05, 3.63) is 24.3 Å². The van der Waals surface area contributed by atoms with Crippen LogP contribution in [0.3, 0.4) is 0 Å². The third-order valence-electron chi connectivity index (χ3n) is 2.87. The van der Waals surface area contributed by atoms with Gasteiger partial charge in [-0.25, -0.2) is 0 Å². The third kappa shape index (κ3) is 1.74. The van der Waals surface area contributed by atoms with Crippen LogP contribution in [0.5, 0.6) is 0 Å². The van der Waals surface area contributed by atoms with Crippen LogP contribution in [0, 0.1) is 11.8 Å². The van der Waals surface area contributed by atoms with Crippen LogP contribution in [-0.2, 0) is 0 Å². The van der Waals surface area contributed by atoms with Crippen LogP contribution in [-0.4, -0.2) is 0 Å². The summed E-state index contributed by atoms with van der Waals surface area (Å²) in [4.78, 5) is 0. The van der Waals surface area contributed by atoms with Crippen molar-refractivity contribution in [3.8, 4) is 0 Å². The van der Waals surface area contributed by atoms with Gasteiger partial charge in [0.2, 0.25) is 0 Å². The standard InChI is InChI=1S/C11H16/c1-2-4-10-6-8-11(5-3-1)9-7-10/h1-2,6,8,10-11H,3-5,7,9H2/b2-1-. The summed E-state index contributed by atoms with van der Waals surface area (Å²) < 4.78 is 0. The van der Waals surface area contributed by atoms with E-state index in [1.165, 1.54) is 32.1 Å². The Morgan fingerprint density at radius 1 is 0.818 bits per heavy atom. The maximum Gasteiger partial charge on any atom is -0.0199 e. The first-order chi connectivity index (χ1) is 5.45.